The summed E-state index contributed by atoms with van der Waals surface area (Å²) >= 11 is 0. The number of rotatable bonds is 10. The molecule has 59 heavy (non-hydrogen) atoms. The second-order valence-corrected chi connectivity index (χ2v) is 12.6. The Labute approximate surface area is 328 Å². The smallest absolute Gasteiger partial charge is 0.456 e. The quantitative estimate of drug-likeness (QED) is 0.0849. The fraction of sp³-hybridized carbons (Fsp3) is 0.150. The molecule has 19 heteroatoms. The van der Waals surface area contributed by atoms with Crippen molar-refractivity contribution in [2.75, 3.05) is 11.5 Å². The van der Waals surface area contributed by atoms with Crippen molar-refractivity contribution in [3.63, 3.8) is 0 Å². The predicted molar refractivity (Wildman–Crippen MR) is 192 cm³/mol. The van der Waals surface area contributed by atoms with Gasteiger partial charge in [-0.25, -0.2) is 42.6 Å². The van der Waals surface area contributed by atoms with Gasteiger partial charge in [-0.05, 0) is 48.5 Å². The van der Waals surface area contributed by atoms with Crippen LogP contribution in [0.25, 0.3) is 11.2 Å². The number of amides is 2. The third-order valence-corrected chi connectivity index (χ3v) is 8.71. The zero-order valence-corrected chi connectivity index (χ0v) is 29.9. The van der Waals surface area contributed by atoms with Gasteiger partial charge in [0, 0.05) is 11.1 Å². The van der Waals surface area contributed by atoms with Crippen LogP contribution < -0.4 is 9.64 Å². The van der Waals surface area contributed by atoms with E-state index in [9.17, 15) is 37.1 Å². The van der Waals surface area contributed by atoms with Crippen molar-refractivity contribution in [1.29, 1.82) is 0 Å². The molecule has 1 fully saturated rings. The number of benzene rings is 4. The predicted octanol–water partition coefficient (Wildman–Crippen LogP) is 6.40. The van der Waals surface area contributed by atoms with Crippen LogP contribution in [0.2, 0.25) is 0 Å². The number of esters is 3. The maximum absolute atomic E-state index is 16.8. The number of hydrogen-bond donors (Lipinski definition) is 0. The van der Waals surface area contributed by atoms with Gasteiger partial charge in [-0.2, -0.15) is 18.2 Å². The van der Waals surface area contributed by atoms with Crippen molar-refractivity contribution in [3.05, 3.63) is 150 Å². The number of aromatic nitrogens is 4. The van der Waals surface area contributed by atoms with E-state index in [1.165, 1.54) is 103 Å². The summed E-state index contributed by atoms with van der Waals surface area (Å²) in [5, 5.41) is 0. The van der Waals surface area contributed by atoms with E-state index in [1.54, 1.807) is 18.2 Å². The summed E-state index contributed by atoms with van der Waals surface area (Å²) in [4.78, 5) is 79.1. The number of ether oxygens (including phenoxy) is 4. The van der Waals surface area contributed by atoms with Crippen molar-refractivity contribution in [2.24, 2.45) is 0 Å². The summed E-state index contributed by atoms with van der Waals surface area (Å²) < 4.78 is 95.3. The van der Waals surface area contributed by atoms with Crippen LogP contribution in [-0.2, 0) is 19.0 Å². The Balaban J connectivity index is 1.39. The summed E-state index contributed by atoms with van der Waals surface area (Å²) in [6, 6.07) is 27.2. The van der Waals surface area contributed by atoms with Crippen molar-refractivity contribution in [3.8, 4) is 6.01 Å². The molecule has 0 radical (unpaired) electrons. The van der Waals surface area contributed by atoms with Crippen molar-refractivity contribution < 1.29 is 64.9 Å². The van der Waals surface area contributed by atoms with Crippen LogP contribution in [0, 0.1) is 0 Å². The van der Waals surface area contributed by atoms with Crippen LogP contribution in [0.1, 0.15) is 47.7 Å². The van der Waals surface area contributed by atoms with E-state index in [1.807, 2.05) is 0 Å². The summed E-state index contributed by atoms with van der Waals surface area (Å²) in [6.07, 6.45) is -12.9. The molecule has 1 aliphatic rings. The molecular weight excluding hydrogens is 789 g/mol. The summed E-state index contributed by atoms with van der Waals surface area (Å²) in [6.45, 7) is -1.49. The number of carbonyl (C=O) groups excluding carboxylic acids is 5. The van der Waals surface area contributed by atoms with Crippen LogP contribution in [0.3, 0.4) is 0 Å². The van der Waals surface area contributed by atoms with Gasteiger partial charge in [0.15, 0.2) is 35.9 Å². The molecule has 1 aliphatic heterocycles. The van der Waals surface area contributed by atoms with Crippen LogP contribution in [0.4, 0.5) is 27.8 Å². The van der Waals surface area contributed by atoms with Gasteiger partial charge in [-0.3, -0.25) is 9.59 Å². The van der Waals surface area contributed by atoms with Gasteiger partial charge in [0.25, 0.3) is 17.7 Å². The zero-order chi connectivity index (χ0) is 41.9. The molecule has 0 N–H and O–H groups in total. The van der Waals surface area contributed by atoms with E-state index >= 15 is 8.78 Å². The fourth-order valence-corrected chi connectivity index (χ4v) is 5.93. The molecule has 4 aromatic carbocycles. The van der Waals surface area contributed by atoms with Crippen LogP contribution in [0.15, 0.2) is 128 Å². The average molecular weight is 816 g/mol. The summed E-state index contributed by atoms with van der Waals surface area (Å²) in [5.74, 6) is -11.7. The lowest BCUT2D eigenvalue weighted by Crippen LogP contribution is -2.42. The third-order valence-electron chi connectivity index (χ3n) is 8.71. The minimum atomic E-state index is -5.68. The molecule has 4 atom stereocenters. The van der Waals surface area contributed by atoms with Crippen LogP contribution >= 0.6 is 0 Å². The van der Waals surface area contributed by atoms with E-state index in [-0.39, 0.29) is 22.3 Å². The molecule has 3 heterocycles. The molecule has 0 saturated carbocycles. The fourth-order valence-electron chi connectivity index (χ4n) is 5.93. The first-order chi connectivity index (χ1) is 28.3. The van der Waals surface area contributed by atoms with Gasteiger partial charge in [0.1, 0.15) is 6.33 Å². The number of imide groups is 1. The van der Waals surface area contributed by atoms with Gasteiger partial charge < -0.3 is 18.9 Å². The van der Waals surface area contributed by atoms with E-state index in [0.29, 0.717) is 9.47 Å². The van der Waals surface area contributed by atoms with E-state index in [2.05, 4.69) is 19.7 Å². The third kappa shape index (κ3) is 8.08. The molecule has 0 bridgehead atoms. The number of alkyl halides is 5. The van der Waals surface area contributed by atoms with Gasteiger partial charge >= 0.3 is 30.1 Å². The van der Waals surface area contributed by atoms with E-state index in [4.69, 9.17) is 14.2 Å². The molecule has 14 nitrogen and oxygen atoms in total. The summed E-state index contributed by atoms with van der Waals surface area (Å²) in [5.41, 5.74) is -1.82. The number of hydrogen-bond acceptors (Lipinski definition) is 12. The first-order valence-corrected chi connectivity index (χ1v) is 17.3. The molecular formula is C40H26F5N5O9. The van der Waals surface area contributed by atoms with E-state index in [0.717, 1.165) is 6.33 Å². The molecule has 7 rings (SSSR count). The number of fused-ring (bicyclic) bond motifs is 1. The number of halogens is 5. The first kappa shape index (κ1) is 39.8. The average Bonchev–Trinajstić information content (AvgIpc) is 3.73. The SMILES string of the molecule is O=C(OC[C@@]1(F)O[C@@H](n2c(OC(=O)C(F)(F)F)nc3c(N(C(=O)c4ccccc4)C(=O)c4ccccc4)ncnc32)[C@H](OC(=O)c2ccccc2)[C@@H]1F)c1ccccc1. The lowest BCUT2D eigenvalue weighted by atomic mass is 10.1. The van der Waals surface area contributed by atoms with Gasteiger partial charge in [0.2, 0.25) is 6.17 Å². The van der Waals surface area contributed by atoms with Gasteiger partial charge in [-0.1, -0.05) is 72.8 Å². The number of imidazole rings is 1. The van der Waals surface area contributed by atoms with Crippen molar-refractivity contribution >= 4 is 46.7 Å². The molecule has 300 valence electrons. The zero-order valence-electron chi connectivity index (χ0n) is 29.9. The second-order valence-electron chi connectivity index (χ2n) is 12.6. The molecule has 1 saturated heterocycles. The molecule has 2 amide bonds. The Hall–Kier alpha value is -7.41. The van der Waals surface area contributed by atoms with Crippen LogP contribution in [0.5, 0.6) is 6.01 Å². The van der Waals surface area contributed by atoms with Crippen LogP contribution in [-0.4, -0.2) is 80.2 Å². The van der Waals surface area contributed by atoms with Crippen molar-refractivity contribution in [1.82, 2.24) is 19.5 Å². The Bertz CT molecular complexity index is 2480. The molecule has 2 aromatic heterocycles. The number of nitrogens with zero attached hydrogens (tertiary/aromatic N) is 5. The Kier molecular flexibility index (Phi) is 10.9. The number of carbonyl (C=O) groups is 5. The lowest BCUT2D eigenvalue weighted by Gasteiger charge is -2.22. The lowest BCUT2D eigenvalue weighted by molar-refractivity contribution is -0.199. The number of anilines is 1. The standard InChI is InChI=1S/C40H26F5N5O9/c41-29-28(57-36(54)26-19-11-4-12-20-26)34(59-39(29,42)21-56-35(53)25-17-9-3-10-18-25)50-31-27(48-38(50)58-37(55)40(43,44)45)30(46-22-47-31)49(32(51)23-13-5-1-6-14-23)33(52)24-15-7-2-8-16-24/h1-20,22,28-29,34H,21H2/t28-,29+,34-,39-/m1/s1. The Morgan fingerprint density at radius 1 is 0.729 bits per heavy atom. The minimum Gasteiger partial charge on any atom is -0.456 e. The molecule has 0 aliphatic carbocycles. The first-order valence-electron chi connectivity index (χ1n) is 17.3. The maximum Gasteiger partial charge on any atom is 0.491 e. The highest BCUT2D eigenvalue weighted by molar-refractivity contribution is 6.27. The second kappa shape index (κ2) is 16.2. The highest BCUT2D eigenvalue weighted by atomic mass is 19.4. The highest BCUT2D eigenvalue weighted by Gasteiger charge is 2.62. The van der Waals surface area contributed by atoms with Gasteiger partial charge in [0.05, 0.1) is 11.1 Å². The topological polar surface area (TPSA) is 169 Å². The normalized spacial score (nSPS) is 18.8. The summed E-state index contributed by atoms with van der Waals surface area (Å²) in [7, 11) is 0. The Morgan fingerprint density at radius 2 is 1.22 bits per heavy atom. The Morgan fingerprint density at radius 3 is 1.73 bits per heavy atom. The van der Waals surface area contributed by atoms with Gasteiger partial charge in [-0.15, -0.1) is 0 Å². The monoisotopic (exact) mass is 815 g/mol. The molecule has 0 unspecified atom stereocenters. The molecule has 6 aromatic rings. The largest absolute Gasteiger partial charge is 0.491 e. The minimum absolute atomic E-state index is 0.0637. The molecule has 0 spiro atoms. The van der Waals surface area contributed by atoms with E-state index < -0.39 is 89.9 Å². The highest BCUT2D eigenvalue weighted by Crippen LogP contribution is 2.46. The maximum atomic E-state index is 16.8. The van der Waals surface area contributed by atoms with Crippen molar-refractivity contribution in [2.45, 2.75) is 30.5 Å².